The molecule has 0 atom stereocenters. The van der Waals surface area contributed by atoms with Gasteiger partial charge in [0.1, 0.15) is 5.75 Å². The van der Waals surface area contributed by atoms with Crippen LogP contribution in [0.25, 0.3) is 0 Å². The average Bonchev–Trinajstić information content (AvgIpc) is 2.42. The number of guanidine groups is 1. The zero-order chi connectivity index (χ0) is 14.1. The molecule has 0 saturated heterocycles. The first-order valence-corrected chi connectivity index (χ1v) is 6.73. The van der Waals surface area contributed by atoms with Gasteiger partial charge in [-0.15, -0.1) is 24.0 Å². The fourth-order valence-corrected chi connectivity index (χ4v) is 1.67. The molecule has 2 N–H and O–H groups in total. The van der Waals surface area contributed by atoms with E-state index in [1.165, 1.54) is 5.56 Å². The molecule has 0 saturated carbocycles. The number of nitrogens with zero attached hydrogens (tertiary/aromatic N) is 1. The van der Waals surface area contributed by atoms with Crippen molar-refractivity contribution < 1.29 is 4.74 Å². The summed E-state index contributed by atoms with van der Waals surface area (Å²) in [7, 11) is 3.47. The number of nitrogens with one attached hydrogen (secondary N) is 2. The van der Waals surface area contributed by atoms with Gasteiger partial charge in [-0.25, -0.2) is 0 Å². The number of aliphatic imine (C=N–C) groups is 1. The van der Waals surface area contributed by atoms with Gasteiger partial charge in [0.25, 0.3) is 0 Å². The highest BCUT2D eigenvalue weighted by Crippen LogP contribution is 2.11. The highest BCUT2D eigenvalue weighted by Gasteiger charge is 2.00. The molecule has 1 rings (SSSR count). The standard InChI is InChI=1S/C15H25N3O.HI/c1-12(2)8-9-17-15(16-3)18-11-13-6-5-7-14(10-13)19-4;/h5-7,10,12H,8-9,11H2,1-4H3,(H2,16,17,18);1H. The van der Waals surface area contributed by atoms with Crippen molar-refractivity contribution >= 4 is 29.9 Å². The van der Waals surface area contributed by atoms with Crippen LogP contribution in [0.3, 0.4) is 0 Å². The van der Waals surface area contributed by atoms with Crippen molar-refractivity contribution in [2.75, 3.05) is 20.7 Å². The minimum absolute atomic E-state index is 0. The highest BCUT2D eigenvalue weighted by atomic mass is 127. The van der Waals surface area contributed by atoms with Crippen molar-refractivity contribution in [3.8, 4) is 5.75 Å². The van der Waals surface area contributed by atoms with Gasteiger partial charge in [-0.2, -0.15) is 0 Å². The Labute approximate surface area is 139 Å². The van der Waals surface area contributed by atoms with E-state index in [1.54, 1.807) is 14.2 Å². The van der Waals surface area contributed by atoms with Gasteiger partial charge in [-0.05, 0) is 30.0 Å². The minimum atomic E-state index is 0. The molecular weight excluding hydrogens is 365 g/mol. The van der Waals surface area contributed by atoms with Crippen LogP contribution in [0.5, 0.6) is 5.75 Å². The Bertz CT molecular complexity index is 408. The summed E-state index contributed by atoms with van der Waals surface area (Å²) in [6.45, 7) is 6.11. The van der Waals surface area contributed by atoms with Crippen LogP contribution in [0.15, 0.2) is 29.3 Å². The number of ether oxygens (including phenoxy) is 1. The predicted octanol–water partition coefficient (Wildman–Crippen LogP) is 3.02. The molecule has 0 fully saturated rings. The summed E-state index contributed by atoms with van der Waals surface area (Å²) < 4.78 is 5.21. The van der Waals surface area contributed by atoms with Crippen LogP contribution in [0.1, 0.15) is 25.8 Å². The number of rotatable bonds is 6. The molecule has 0 aliphatic heterocycles. The molecule has 20 heavy (non-hydrogen) atoms. The Morgan fingerprint density at radius 2 is 2.05 bits per heavy atom. The van der Waals surface area contributed by atoms with Crippen molar-refractivity contribution in [2.24, 2.45) is 10.9 Å². The summed E-state index contributed by atoms with van der Waals surface area (Å²) in [5, 5.41) is 6.60. The molecular formula is C15H26IN3O. The quantitative estimate of drug-likeness (QED) is 0.445. The van der Waals surface area contributed by atoms with Crippen LogP contribution in [0.4, 0.5) is 0 Å². The molecule has 0 aromatic heterocycles. The molecule has 0 aliphatic rings. The summed E-state index contributed by atoms with van der Waals surface area (Å²) in [5.41, 5.74) is 1.17. The van der Waals surface area contributed by atoms with Gasteiger partial charge in [-0.3, -0.25) is 4.99 Å². The number of hydrogen-bond donors (Lipinski definition) is 2. The van der Waals surface area contributed by atoms with Crippen molar-refractivity contribution in [1.29, 1.82) is 0 Å². The van der Waals surface area contributed by atoms with Gasteiger partial charge in [0.15, 0.2) is 5.96 Å². The van der Waals surface area contributed by atoms with E-state index in [0.29, 0.717) is 5.92 Å². The average molecular weight is 391 g/mol. The first kappa shape index (κ1) is 19.0. The highest BCUT2D eigenvalue weighted by molar-refractivity contribution is 14.0. The summed E-state index contributed by atoms with van der Waals surface area (Å²) in [5.74, 6) is 2.41. The Morgan fingerprint density at radius 3 is 2.65 bits per heavy atom. The van der Waals surface area contributed by atoms with Crippen molar-refractivity contribution in [3.05, 3.63) is 29.8 Å². The largest absolute Gasteiger partial charge is 0.497 e. The van der Waals surface area contributed by atoms with Gasteiger partial charge in [0.2, 0.25) is 0 Å². The Hall–Kier alpha value is -0.980. The van der Waals surface area contributed by atoms with Crippen LogP contribution >= 0.6 is 24.0 Å². The van der Waals surface area contributed by atoms with Crippen molar-refractivity contribution in [1.82, 2.24) is 10.6 Å². The molecule has 1 aromatic carbocycles. The molecule has 1 aromatic rings. The molecule has 0 unspecified atom stereocenters. The summed E-state index contributed by atoms with van der Waals surface area (Å²) in [4.78, 5) is 4.21. The van der Waals surface area contributed by atoms with Crippen LogP contribution < -0.4 is 15.4 Å². The zero-order valence-corrected chi connectivity index (χ0v) is 15.1. The molecule has 4 nitrogen and oxygen atoms in total. The summed E-state index contributed by atoms with van der Waals surface area (Å²) >= 11 is 0. The van der Waals surface area contributed by atoms with Gasteiger partial charge in [-0.1, -0.05) is 26.0 Å². The van der Waals surface area contributed by atoms with Crippen LogP contribution in [0.2, 0.25) is 0 Å². The maximum atomic E-state index is 5.21. The summed E-state index contributed by atoms with van der Waals surface area (Å²) in [6, 6.07) is 8.02. The fraction of sp³-hybridized carbons (Fsp3) is 0.533. The van der Waals surface area contributed by atoms with Crippen LogP contribution in [-0.4, -0.2) is 26.7 Å². The third kappa shape index (κ3) is 7.57. The third-order valence-corrected chi connectivity index (χ3v) is 2.83. The monoisotopic (exact) mass is 391 g/mol. The molecule has 0 radical (unpaired) electrons. The topological polar surface area (TPSA) is 45.7 Å². The number of hydrogen-bond acceptors (Lipinski definition) is 2. The van der Waals surface area contributed by atoms with Gasteiger partial charge in [0.05, 0.1) is 7.11 Å². The number of benzene rings is 1. The van der Waals surface area contributed by atoms with Crippen LogP contribution in [0, 0.1) is 5.92 Å². The molecule has 0 heterocycles. The van der Waals surface area contributed by atoms with E-state index in [1.807, 2.05) is 18.2 Å². The van der Waals surface area contributed by atoms with Gasteiger partial charge >= 0.3 is 0 Å². The van der Waals surface area contributed by atoms with Gasteiger partial charge in [0, 0.05) is 20.1 Å². The third-order valence-electron chi connectivity index (χ3n) is 2.83. The molecule has 0 amide bonds. The molecule has 0 bridgehead atoms. The fourth-order valence-electron chi connectivity index (χ4n) is 1.67. The second kappa shape index (κ2) is 10.8. The van der Waals surface area contributed by atoms with E-state index in [-0.39, 0.29) is 24.0 Å². The normalized spacial score (nSPS) is 10.9. The van der Waals surface area contributed by atoms with E-state index in [0.717, 1.165) is 31.2 Å². The maximum Gasteiger partial charge on any atom is 0.191 e. The molecule has 114 valence electrons. The first-order valence-electron chi connectivity index (χ1n) is 6.73. The Morgan fingerprint density at radius 1 is 1.30 bits per heavy atom. The lowest BCUT2D eigenvalue weighted by Crippen LogP contribution is -2.37. The minimum Gasteiger partial charge on any atom is -0.497 e. The lowest BCUT2D eigenvalue weighted by molar-refractivity contribution is 0.414. The lowest BCUT2D eigenvalue weighted by Gasteiger charge is -2.13. The smallest absolute Gasteiger partial charge is 0.191 e. The second-order valence-electron chi connectivity index (χ2n) is 4.89. The van der Waals surface area contributed by atoms with E-state index >= 15 is 0 Å². The van der Waals surface area contributed by atoms with Gasteiger partial charge < -0.3 is 15.4 Å². The second-order valence-corrected chi connectivity index (χ2v) is 4.89. The lowest BCUT2D eigenvalue weighted by atomic mass is 10.1. The van der Waals surface area contributed by atoms with E-state index in [9.17, 15) is 0 Å². The van der Waals surface area contributed by atoms with E-state index < -0.39 is 0 Å². The Balaban J connectivity index is 0.00000361. The number of methoxy groups -OCH3 is 1. The number of halogens is 1. The molecule has 0 aliphatic carbocycles. The zero-order valence-electron chi connectivity index (χ0n) is 12.8. The van der Waals surface area contributed by atoms with E-state index in [4.69, 9.17) is 4.74 Å². The first-order chi connectivity index (χ1) is 9.15. The van der Waals surface area contributed by atoms with Crippen molar-refractivity contribution in [2.45, 2.75) is 26.8 Å². The molecule has 5 heteroatoms. The van der Waals surface area contributed by atoms with Crippen LogP contribution in [-0.2, 0) is 6.54 Å². The molecule has 0 spiro atoms. The predicted molar refractivity (Wildman–Crippen MR) is 96.1 cm³/mol. The maximum absolute atomic E-state index is 5.21. The van der Waals surface area contributed by atoms with E-state index in [2.05, 4.69) is 35.5 Å². The van der Waals surface area contributed by atoms with Crippen molar-refractivity contribution in [3.63, 3.8) is 0 Å². The SMILES string of the molecule is CN=C(NCCC(C)C)NCc1cccc(OC)c1.I. The summed E-state index contributed by atoms with van der Waals surface area (Å²) in [6.07, 6.45) is 1.14. The Kier molecular flexibility index (Phi) is 10.2.